The second-order valence-corrected chi connectivity index (χ2v) is 5.13. The van der Waals surface area contributed by atoms with Crippen LogP contribution in [-0.4, -0.2) is 25.8 Å². The predicted octanol–water partition coefficient (Wildman–Crippen LogP) is 2.56. The van der Waals surface area contributed by atoms with Gasteiger partial charge in [-0.1, -0.05) is 0 Å². The molecule has 0 bridgehead atoms. The lowest BCUT2D eigenvalue weighted by atomic mass is 10.2. The highest BCUT2D eigenvalue weighted by Gasteiger charge is 2.11. The number of nitrogens with one attached hydrogen (secondary N) is 1. The zero-order valence-corrected chi connectivity index (χ0v) is 12.0. The second-order valence-electron chi connectivity index (χ2n) is 4.28. The Bertz CT molecular complexity index is 755. The zero-order valence-electron chi connectivity index (χ0n) is 11.1. The summed E-state index contributed by atoms with van der Waals surface area (Å²) >= 11 is 1.35. The lowest BCUT2D eigenvalue weighted by Gasteiger charge is -2.00. The maximum atomic E-state index is 12.0. The van der Waals surface area contributed by atoms with Crippen molar-refractivity contribution in [3.05, 3.63) is 53.7 Å². The lowest BCUT2D eigenvalue weighted by molar-refractivity contribution is 0.102. The minimum absolute atomic E-state index is 0.263. The number of amides is 1. The molecule has 104 valence electrons. The van der Waals surface area contributed by atoms with E-state index in [2.05, 4.69) is 25.3 Å². The normalized spacial score (nSPS) is 10.3. The molecule has 0 aliphatic heterocycles. The highest BCUT2D eigenvalue weighted by atomic mass is 32.1. The van der Waals surface area contributed by atoms with Gasteiger partial charge in [0, 0.05) is 29.5 Å². The molecule has 7 heteroatoms. The minimum Gasteiger partial charge on any atom is -0.296 e. The van der Waals surface area contributed by atoms with E-state index < -0.39 is 0 Å². The van der Waals surface area contributed by atoms with Crippen molar-refractivity contribution in [3.63, 3.8) is 0 Å². The Morgan fingerprint density at radius 1 is 1.24 bits per heavy atom. The molecule has 0 fully saturated rings. The van der Waals surface area contributed by atoms with Gasteiger partial charge in [-0.3, -0.25) is 20.1 Å². The van der Waals surface area contributed by atoms with Gasteiger partial charge in [0.25, 0.3) is 5.91 Å². The summed E-state index contributed by atoms with van der Waals surface area (Å²) in [5.74, 6) is -0.324. The van der Waals surface area contributed by atoms with Crippen LogP contribution in [0.25, 0.3) is 11.3 Å². The molecule has 0 unspecified atom stereocenters. The van der Waals surface area contributed by atoms with Gasteiger partial charge < -0.3 is 0 Å². The number of carbonyl (C=O) groups is 1. The Kier molecular flexibility index (Phi) is 3.65. The van der Waals surface area contributed by atoms with Crippen LogP contribution >= 0.6 is 11.3 Å². The van der Waals surface area contributed by atoms with Crippen LogP contribution in [-0.2, 0) is 0 Å². The van der Waals surface area contributed by atoms with E-state index in [0.29, 0.717) is 5.13 Å². The van der Waals surface area contributed by atoms with E-state index in [0.717, 1.165) is 17.0 Å². The quantitative estimate of drug-likeness (QED) is 0.803. The van der Waals surface area contributed by atoms with Crippen molar-refractivity contribution in [2.75, 3.05) is 5.32 Å². The van der Waals surface area contributed by atoms with E-state index in [1.165, 1.54) is 17.5 Å². The number of thiazole rings is 1. The molecule has 3 rings (SSSR count). The van der Waals surface area contributed by atoms with Gasteiger partial charge >= 0.3 is 0 Å². The van der Waals surface area contributed by atoms with Crippen LogP contribution < -0.4 is 5.32 Å². The molecule has 0 aliphatic carbocycles. The summed E-state index contributed by atoms with van der Waals surface area (Å²) in [6.45, 7) is 1.82. The third kappa shape index (κ3) is 3.09. The molecule has 0 saturated heterocycles. The first-order valence-electron chi connectivity index (χ1n) is 6.18. The van der Waals surface area contributed by atoms with Gasteiger partial charge in [-0.15, -0.1) is 11.3 Å². The predicted molar refractivity (Wildman–Crippen MR) is 80.1 cm³/mol. The van der Waals surface area contributed by atoms with Crippen molar-refractivity contribution in [1.82, 2.24) is 19.9 Å². The molecular weight excluding hydrogens is 286 g/mol. The Balaban J connectivity index is 1.75. The van der Waals surface area contributed by atoms with Crippen LogP contribution in [0.2, 0.25) is 0 Å². The van der Waals surface area contributed by atoms with Gasteiger partial charge in [0.15, 0.2) is 5.13 Å². The van der Waals surface area contributed by atoms with Crippen molar-refractivity contribution < 1.29 is 4.79 Å². The van der Waals surface area contributed by atoms with Gasteiger partial charge in [-0.05, 0) is 19.1 Å². The third-order valence-corrected chi connectivity index (χ3v) is 3.45. The van der Waals surface area contributed by atoms with Crippen molar-refractivity contribution in [3.8, 4) is 11.3 Å². The smallest absolute Gasteiger partial charge is 0.277 e. The van der Waals surface area contributed by atoms with Crippen LogP contribution in [0.5, 0.6) is 0 Å². The van der Waals surface area contributed by atoms with Crippen molar-refractivity contribution in [2.24, 2.45) is 0 Å². The highest BCUT2D eigenvalue weighted by Crippen LogP contribution is 2.24. The summed E-state index contributed by atoms with van der Waals surface area (Å²) in [4.78, 5) is 28.5. The molecular formula is C14H11N5OS. The van der Waals surface area contributed by atoms with E-state index in [-0.39, 0.29) is 11.6 Å². The van der Waals surface area contributed by atoms with Crippen LogP contribution in [0.3, 0.4) is 0 Å². The van der Waals surface area contributed by atoms with Crippen molar-refractivity contribution in [1.29, 1.82) is 0 Å². The number of aromatic nitrogens is 4. The maximum Gasteiger partial charge on any atom is 0.277 e. The molecule has 0 aromatic carbocycles. The van der Waals surface area contributed by atoms with Gasteiger partial charge in [0.05, 0.1) is 17.6 Å². The Morgan fingerprint density at radius 3 is 2.86 bits per heavy atom. The summed E-state index contributed by atoms with van der Waals surface area (Å²) in [6, 6.07) is 3.76. The fourth-order valence-electron chi connectivity index (χ4n) is 1.65. The zero-order chi connectivity index (χ0) is 14.7. The van der Waals surface area contributed by atoms with E-state index in [9.17, 15) is 4.79 Å². The summed E-state index contributed by atoms with van der Waals surface area (Å²) in [7, 11) is 0. The molecule has 0 aliphatic rings. The first kappa shape index (κ1) is 13.3. The summed E-state index contributed by atoms with van der Waals surface area (Å²) in [5.41, 5.74) is 2.71. The molecule has 6 nitrogen and oxygen atoms in total. The van der Waals surface area contributed by atoms with Gasteiger partial charge in [-0.2, -0.15) is 0 Å². The third-order valence-electron chi connectivity index (χ3n) is 2.70. The largest absolute Gasteiger partial charge is 0.296 e. The average Bonchev–Trinajstić information content (AvgIpc) is 2.97. The number of hydrogen-bond acceptors (Lipinski definition) is 6. The molecule has 1 N–H and O–H groups in total. The molecule has 0 atom stereocenters. The lowest BCUT2D eigenvalue weighted by Crippen LogP contribution is -2.13. The van der Waals surface area contributed by atoms with E-state index >= 15 is 0 Å². The SMILES string of the molecule is Cc1cnc(C(=O)Nc2nc(-c3cccnc3)cs2)cn1. The van der Waals surface area contributed by atoms with Crippen LogP contribution in [0.1, 0.15) is 16.2 Å². The topological polar surface area (TPSA) is 80.7 Å². The minimum atomic E-state index is -0.324. The fourth-order valence-corrected chi connectivity index (χ4v) is 2.36. The van der Waals surface area contributed by atoms with Crippen LogP contribution in [0.15, 0.2) is 42.3 Å². The van der Waals surface area contributed by atoms with Gasteiger partial charge in [0.2, 0.25) is 0 Å². The van der Waals surface area contributed by atoms with Crippen molar-refractivity contribution >= 4 is 22.4 Å². The second kappa shape index (κ2) is 5.76. The van der Waals surface area contributed by atoms with Gasteiger partial charge in [0.1, 0.15) is 5.69 Å². The molecule has 0 spiro atoms. The van der Waals surface area contributed by atoms with Crippen molar-refractivity contribution in [2.45, 2.75) is 6.92 Å². The fraction of sp³-hybridized carbons (Fsp3) is 0.0714. The molecule has 1 amide bonds. The Hall–Kier alpha value is -2.67. The monoisotopic (exact) mass is 297 g/mol. The molecule has 0 radical (unpaired) electrons. The van der Waals surface area contributed by atoms with E-state index in [4.69, 9.17) is 0 Å². The number of rotatable bonds is 3. The Labute approximate surface area is 125 Å². The highest BCUT2D eigenvalue weighted by molar-refractivity contribution is 7.14. The molecule has 3 aromatic heterocycles. The maximum absolute atomic E-state index is 12.0. The summed E-state index contributed by atoms with van der Waals surface area (Å²) in [6.07, 6.45) is 6.43. The first-order valence-corrected chi connectivity index (χ1v) is 7.06. The number of pyridine rings is 1. The van der Waals surface area contributed by atoms with Gasteiger partial charge in [-0.25, -0.2) is 9.97 Å². The van der Waals surface area contributed by atoms with Crippen LogP contribution in [0, 0.1) is 6.92 Å². The number of anilines is 1. The molecule has 0 saturated carbocycles. The number of nitrogens with zero attached hydrogens (tertiary/aromatic N) is 4. The standard InChI is InChI=1S/C14H11N5OS/c1-9-5-17-11(7-16-9)13(20)19-14-18-12(8-21-14)10-3-2-4-15-6-10/h2-8H,1H3,(H,18,19,20). The summed E-state index contributed by atoms with van der Waals surface area (Å²) in [5, 5.41) is 5.10. The van der Waals surface area contributed by atoms with E-state index in [1.807, 2.05) is 24.4 Å². The Morgan fingerprint density at radius 2 is 2.14 bits per heavy atom. The average molecular weight is 297 g/mol. The summed E-state index contributed by atoms with van der Waals surface area (Å²) < 4.78 is 0. The molecule has 21 heavy (non-hydrogen) atoms. The number of hydrogen-bond donors (Lipinski definition) is 1. The molecule has 3 heterocycles. The van der Waals surface area contributed by atoms with Crippen LogP contribution in [0.4, 0.5) is 5.13 Å². The first-order chi connectivity index (χ1) is 10.2. The number of carbonyl (C=O) groups excluding carboxylic acids is 1. The molecule has 3 aromatic rings. The van der Waals surface area contributed by atoms with E-state index in [1.54, 1.807) is 18.6 Å². The number of aryl methyl sites for hydroxylation is 1.